The van der Waals surface area contributed by atoms with Gasteiger partial charge in [-0.15, -0.1) is 0 Å². The molecule has 4 heteroatoms. The van der Waals surface area contributed by atoms with E-state index in [0.29, 0.717) is 17.5 Å². The van der Waals surface area contributed by atoms with Gasteiger partial charge >= 0.3 is 0 Å². The Bertz CT molecular complexity index is 3270. The van der Waals surface area contributed by atoms with Crippen molar-refractivity contribution in [3.63, 3.8) is 0 Å². The van der Waals surface area contributed by atoms with Crippen LogP contribution in [0.5, 0.6) is 0 Å². The average molecular weight is 727 g/mol. The minimum atomic E-state index is 0.635. The van der Waals surface area contributed by atoms with Crippen LogP contribution in [0.4, 0.5) is 0 Å². The molecular weight excluding hydrogens is 693 g/mol. The third kappa shape index (κ3) is 5.92. The zero-order valence-electron chi connectivity index (χ0n) is 30.9. The molecule has 0 bridgehead atoms. The van der Waals surface area contributed by atoms with Crippen molar-refractivity contribution in [2.24, 2.45) is 0 Å². The molecule has 0 aliphatic heterocycles. The van der Waals surface area contributed by atoms with Crippen molar-refractivity contribution < 1.29 is 0 Å². The van der Waals surface area contributed by atoms with E-state index in [9.17, 15) is 0 Å². The van der Waals surface area contributed by atoms with E-state index >= 15 is 0 Å². The second kappa shape index (κ2) is 13.6. The highest BCUT2D eigenvalue weighted by atomic mass is 15.0. The fourth-order valence-corrected chi connectivity index (χ4v) is 8.10. The van der Waals surface area contributed by atoms with Crippen molar-refractivity contribution in [3.8, 4) is 62.1 Å². The molecule has 0 fully saturated rings. The highest BCUT2D eigenvalue weighted by Gasteiger charge is 2.16. The van der Waals surface area contributed by atoms with Crippen LogP contribution < -0.4 is 0 Å². The maximum Gasteiger partial charge on any atom is 0.164 e. The Morgan fingerprint density at radius 3 is 1.40 bits per heavy atom. The van der Waals surface area contributed by atoms with E-state index < -0.39 is 0 Å². The van der Waals surface area contributed by atoms with E-state index in [1.54, 1.807) is 0 Å². The predicted octanol–water partition coefficient (Wildman–Crippen LogP) is 13.6. The molecule has 0 saturated heterocycles. The van der Waals surface area contributed by atoms with Crippen LogP contribution in [0.3, 0.4) is 0 Å². The summed E-state index contributed by atoms with van der Waals surface area (Å²) >= 11 is 0. The Kier molecular flexibility index (Phi) is 7.78. The number of aromatic nitrogens is 4. The number of benzene rings is 9. The number of fused-ring (bicyclic) bond motifs is 5. The van der Waals surface area contributed by atoms with Crippen molar-refractivity contribution in [3.05, 3.63) is 206 Å². The summed E-state index contributed by atoms with van der Waals surface area (Å²) in [5.74, 6) is 1.92. The Hall–Kier alpha value is -7.69. The SMILES string of the molecule is c1ccc(-c2nc(-c3ccc(-c4cccc(-n5c6ccccc6c6cc7ccccc7cc65)c4)cc3)nc(-c3ccc(-c4ccc5ccccc5c4)cc3)n2)cc1. The standard InChI is InChI=1S/C53H34N4/c1-2-12-38(13-3-1)51-54-52(56-53(55-51)40-28-23-37(24-29-40)45-30-25-35-11-4-5-14-41(35)31-45)39-26-21-36(22-27-39)42-17-10-18-46(32-42)57-49-20-9-8-19-47(49)48-33-43-15-6-7-16-44(43)34-50(48)57/h1-34H. The topological polar surface area (TPSA) is 43.6 Å². The Morgan fingerprint density at radius 2 is 0.737 bits per heavy atom. The molecule has 0 saturated carbocycles. The third-order valence-corrected chi connectivity index (χ3v) is 11.0. The first-order chi connectivity index (χ1) is 28.2. The summed E-state index contributed by atoms with van der Waals surface area (Å²) in [7, 11) is 0. The molecule has 2 heterocycles. The molecule has 0 atom stereocenters. The van der Waals surface area contributed by atoms with Gasteiger partial charge in [0.15, 0.2) is 17.5 Å². The average Bonchev–Trinajstić information content (AvgIpc) is 3.61. The molecule has 0 N–H and O–H groups in total. The zero-order chi connectivity index (χ0) is 37.7. The summed E-state index contributed by atoms with van der Waals surface area (Å²) in [6.45, 7) is 0. The van der Waals surface area contributed by atoms with Crippen molar-refractivity contribution >= 4 is 43.4 Å². The lowest BCUT2D eigenvalue weighted by Crippen LogP contribution is -2.00. The molecule has 4 nitrogen and oxygen atoms in total. The van der Waals surface area contributed by atoms with Crippen molar-refractivity contribution in [1.82, 2.24) is 19.5 Å². The van der Waals surface area contributed by atoms with Gasteiger partial charge < -0.3 is 4.57 Å². The van der Waals surface area contributed by atoms with Crippen molar-refractivity contribution in [2.45, 2.75) is 0 Å². The number of para-hydroxylation sites is 1. The maximum absolute atomic E-state index is 5.05. The van der Waals surface area contributed by atoms with Gasteiger partial charge in [0.1, 0.15) is 0 Å². The molecule has 0 aliphatic rings. The van der Waals surface area contributed by atoms with Gasteiger partial charge in [0.05, 0.1) is 11.0 Å². The molecule has 0 amide bonds. The normalized spacial score (nSPS) is 11.5. The predicted molar refractivity (Wildman–Crippen MR) is 236 cm³/mol. The van der Waals surface area contributed by atoms with E-state index in [1.807, 2.05) is 30.3 Å². The number of hydrogen-bond acceptors (Lipinski definition) is 3. The highest BCUT2D eigenvalue weighted by molar-refractivity contribution is 6.13. The molecule has 11 aromatic rings. The Morgan fingerprint density at radius 1 is 0.263 bits per heavy atom. The molecule has 2 aromatic heterocycles. The molecule has 11 rings (SSSR count). The number of nitrogens with zero attached hydrogens (tertiary/aromatic N) is 4. The second-order valence-corrected chi connectivity index (χ2v) is 14.5. The van der Waals surface area contributed by atoms with Gasteiger partial charge in [-0.2, -0.15) is 0 Å². The van der Waals surface area contributed by atoms with Gasteiger partial charge in [-0.05, 0) is 80.2 Å². The second-order valence-electron chi connectivity index (χ2n) is 14.5. The minimum Gasteiger partial charge on any atom is -0.309 e. The van der Waals surface area contributed by atoms with Gasteiger partial charge in [-0.1, -0.05) is 170 Å². The van der Waals surface area contributed by atoms with Crippen LogP contribution in [0.2, 0.25) is 0 Å². The van der Waals surface area contributed by atoms with Crippen LogP contribution in [-0.2, 0) is 0 Å². The van der Waals surface area contributed by atoms with E-state index in [-0.39, 0.29) is 0 Å². The third-order valence-electron chi connectivity index (χ3n) is 11.0. The van der Waals surface area contributed by atoms with Crippen molar-refractivity contribution in [1.29, 1.82) is 0 Å². The first kappa shape index (κ1) is 32.7. The molecule has 0 aliphatic carbocycles. The van der Waals surface area contributed by atoms with E-state index in [1.165, 1.54) is 48.9 Å². The summed E-state index contributed by atoms with van der Waals surface area (Å²) < 4.78 is 2.39. The first-order valence-corrected chi connectivity index (χ1v) is 19.3. The number of rotatable bonds is 6. The fraction of sp³-hybridized carbons (Fsp3) is 0. The van der Waals surface area contributed by atoms with Crippen molar-refractivity contribution in [2.75, 3.05) is 0 Å². The van der Waals surface area contributed by atoms with E-state index in [0.717, 1.165) is 39.1 Å². The number of hydrogen-bond donors (Lipinski definition) is 0. The molecule has 0 radical (unpaired) electrons. The van der Waals surface area contributed by atoms with Gasteiger partial charge in [0.2, 0.25) is 0 Å². The lowest BCUT2D eigenvalue weighted by molar-refractivity contribution is 1.07. The lowest BCUT2D eigenvalue weighted by atomic mass is 10.00. The minimum absolute atomic E-state index is 0.635. The maximum atomic E-state index is 5.05. The van der Waals surface area contributed by atoms with Gasteiger partial charge in [-0.25, -0.2) is 15.0 Å². The van der Waals surface area contributed by atoms with Crippen LogP contribution >= 0.6 is 0 Å². The van der Waals surface area contributed by atoms with Crippen LogP contribution in [0, 0.1) is 0 Å². The summed E-state index contributed by atoms with van der Waals surface area (Å²) in [6.07, 6.45) is 0. The summed E-state index contributed by atoms with van der Waals surface area (Å²) in [5.41, 5.74) is 10.9. The van der Waals surface area contributed by atoms with Crippen LogP contribution in [0.25, 0.3) is 105 Å². The largest absolute Gasteiger partial charge is 0.309 e. The summed E-state index contributed by atoms with van der Waals surface area (Å²) in [5, 5.41) is 7.45. The molecule has 9 aromatic carbocycles. The van der Waals surface area contributed by atoms with E-state index in [4.69, 9.17) is 15.0 Å². The lowest BCUT2D eigenvalue weighted by Gasteiger charge is -2.12. The Balaban J connectivity index is 0.954. The highest BCUT2D eigenvalue weighted by Crippen LogP contribution is 2.36. The summed E-state index contributed by atoms with van der Waals surface area (Å²) in [4.78, 5) is 15.0. The molecule has 57 heavy (non-hydrogen) atoms. The van der Waals surface area contributed by atoms with Crippen LogP contribution in [0.15, 0.2) is 206 Å². The fourth-order valence-electron chi connectivity index (χ4n) is 8.10. The van der Waals surface area contributed by atoms with E-state index in [2.05, 4.69) is 180 Å². The quantitative estimate of drug-likeness (QED) is 0.171. The molecule has 266 valence electrons. The van der Waals surface area contributed by atoms with Gasteiger partial charge in [0, 0.05) is 33.2 Å². The molecule has 0 unspecified atom stereocenters. The summed E-state index contributed by atoms with van der Waals surface area (Å²) in [6, 6.07) is 73.0. The molecule has 0 spiro atoms. The smallest absolute Gasteiger partial charge is 0.164 e. The van der Waals surface area contributed by atoms with Gasteiger partial charge in [0.25, 0.3) is 0 Å². The zero-order valence-corrected chi connectivity index (χ0v) is 30.9. The molecular formula is C53H34N4. The Labute approximate surface area is 330 Å². The van der Waals surface area contributed by atoms with Crippen LogP contribution in [0.1, 0.15) is 0 Å². The first-order valence-electron chi connectivity index (χ1n) is 19.3. The van der Waals surface area contributed by atoms with Gasteiger partial charge in [-0.3, -0.25) is 0 Å². The van der Waals surface area contributed by atoms with Crippen LogP contribution in [-0.4, -0.2) is 19.5 Å². The monoisotopic (exact) mass is 726 g/mol.